The molecule has 226 valence electrons. The maximum Gasteiger partial charge on any atom is 0.310 e. The van der Waals surface area contributed by atoms with E-state index in [2.05, 4.69) is 0 Å². The van der Waals surface area contributed by atoms with E-state index in [4.69, 9.17) is 37.9 Å². The molecule has 0 aromatic heterocycles. The number of fused-ring (bicyclic) bond motifs is 4. The summed E-state index contributed by atoms with van der Waals surface area (Å²) in [4.78, 5) is 13.4. The molecule has 0 amide bonds. The molecule has 2 aromatic carbocycles. The van der Waals surface area contributed by atoms with Crippen LogP contribution >= 0.6 is 11.8 Å². The van der Waals surface area contributed by atoms with E-state index in [-0.39, 0.29) is 54.4 Å². The zero-order valence-electron chi connectivity index (χ0n) is 23.1. The van der Waals surface area contributed by atoms with Crippen molar-refractivity contribution in [3.05, 3.63) is 41.0 Å². The molecule has 5 aliphatic rings. The largest absolute Gasteiger partial charge is 0.502 e. The van der Waals surface area contributed by atoms with Gasteiger partial charge in [0, 0.05) is 17.1 Å². The van der Waals surface area contributed by atoms with Crippen LogP contribution in [0.2, 0.25) is 0 Å². The third-order valence-corrected chi connectivity index (χ3v) is 10.3. The molecule has 13 heteroatoms. The van der Waals surface area contributed by atoms with E-state index < -0.39 is 48.0 Å². The Hall–Kier alpha value is -2.94. The normalized spacial score (nSPS) is 36.5. The van der Waals surface area contributed by atoms with E-state index in [1.807, 2.05) is 12.1 Å². The molecule has 12 nitrogen and oxygen atoms in total. The summed E-state index contributed by atoms with van der Waals surface area (Å²) in [5, 5.41) is 32.3. The monoisotopic (exact) mass is 604 g/mol. The topological polar surface area (TPSA) is 152 Å². The maximum absolute atomic E-state index is 13.4. The quantitative estimate of drug-likeness (QED) is 0.428. The molecule has 0 bridgehead atoms. The molecule has 3 saturated heterocycles. The first-order valence-electron chi connectivity index (χ1n) is 13.8. The van der Waals surface area contributed by atoms with Gasteiger partial charge in [0.2, 0.25) is 12.5 Å². The number of carbonyl (C=O) groups is 1. The highest BCUT2D eigenvalue weighted by atomic mass is 32.2. The van der Waals surface area contributed by atoms with Gasteiger partial charge in [0.05, 0.1) is 33.4 Å². The van der Waals surface area contributed by atoms with Gasteiger partial charge in [-0.3, -0.25) is 4.79 Å². The average Bonchev–Trinajstić information content (AvgIpc) is 3.61. The second-order valence-electron chi connectivity index (χ2n) is 11.0. The Morgan fingerprint density at radius 3 is 2.29 bits per heavy atom. The van der Waals surface area contributed by atoms with Crippen LogP contribution in [0.3, 0.4) is 0 Å². The van der Waals surface area contributed by atoms with Gasteiger partial charge in [-0.2, -0.15) is 0 Å². The van der Waals surface area contributed by atoms with Gasteiger partial charge in [-0.1, -0.05) is 0 Å². The number of aliphatic hydroxyl groups is 2. The van der Waals surface area contributed by atoms with E-state index in [1.165, 1.54) is 26.0 Å². The predicted molar refractivity (Wildman–Crippen MR) is 145 cm³/mol. The number of phenols is 1. The Bertz CT molecular complexity index is 1360. The van der Waals surface area contributed by atoms with Crippen molar-refractivity contribution in [2.75, 3.05) is 34.2 Å². The average molecular weight is 605 g/mol. The number of hydrogen-bond donors (Lipinski definition) is 3. The molecule has 3 fully saturated rings. The van der Waals surface area contributed by atoms with Crippen molar-refractivity contribution in [2.24, 2.45) is 11.8 Å². The van der Waals surface area contributed by atoms with Gasteiger partial charge < -0.3 is 53.2 Å². The minimum absolute atomic E-state index is 0.0641. The third-order valence-electron chi connectivity index (χ3n) is 8.75. The van der Waals surface area contributed by atoms with Gasteiger partial charge >= 0.3 is 5.97 Å². The molecular formula is C29H32O12S. The Kier molecular flexibility index (Phi) is 7.07. The summed E-state index contributed by atoms with van der Waals surface area (Å²) in [5.41, 5.74) is 1.51. The molecule has 1 aliphatic carbocycles. The molecule has 3 N–H and O–H groups in total. The van der Waals surface area contributed by atoms with Gasteiger partial charge in [-0.15, -0.1) is 11.8 Å². The summed E-state index contributed by atoms with van der Waals surface area (Å²) in [6.07, 6.45) is -4.25. The lowest BCUT2D eigenvalue weighted by molar-refractivity contribution is -0.310. The van der Waals surface area contributed by atoms with Crippen molar-refractivity contribution in [3.63, 3.8) is 0 Å². The number of carbonyl (C=O) groups excluding carboxylic acids is 1. The van der Waals surface area contributed by atoms with E-state index in [1.54, 1.807) is 19.1 Å². The molecule has 4 heterocycles. The zero-order chi connectivity index (χ0) is 29.3. The number of aliphatic hydroxyl groups excluding tert-OH is 2. The van der Waals surface area contributed by atoms with Gasteiger partial charge in [-0.25, -0.2) is 0 Å². The molecule has 0 radical (unpaired) electrons. The smallest absolute Gasteiger partial charge is 0.310 e. The lowest BCUT2D eigenvalue weighted by atomic mass is 9.67. The fourth-order valence-corrected chi connectivity index (χ4v) is 8.35. The van der Waals surface area contributed by atoms with Crippen LogP contribution in [0.4, 0.5) is 0 Å². The van der Waals surface area contributed by atoms with Crippen LogP contribution in [0.1, 0.15) is 34.8 Å². The van der Waals surface area contributed by atoms with Crippen LogP contribution in [-0.4, -0.2) is 91.7 Å². The van der Waals surface area contributed by atoms with Crippen molar-refractivity contribution in [2.45, 2.75) is 54.2 Å². The lowest BCUT2D eigenvalue weighted by Crippen LogP contribution is -2.61. The fraction of sp³-hybridized carbons (Fsp3) is 0.552. The number of cyclic esters (lactones) is 1. The van der Waals surface area contributed by atoms with Crippen LogP contribution in [0.15, 0.2) is 24.3 Å². The number of benzene rings is 2. The Morgan fingerprint density at radius 2 is 1.60 bits per heavy atom. The number of thioether (sulfide) groups is 1. The fourth-order valence-electron chi connectivity index (χ4n) is 6.74. The number of methoxy groups -OCH3 is 2. The summed E-state index contributed by atoms with van der Waals surface area (Å²) in [6, 6.07) is 7.17. The highest BCUT2D eigenvalue weighted by Crippen LogP contribution is 2.60. The minimum Gasteiger partial charge on any atom is -0.502 e. The van der Waals surface area contributed by atoms with Gasteiger partial charge in [-0.05, 0) is 47.9 Å². The van der Waals surface area contributed by atoms with E-state index in [0.29, 0.717) is 17.1 Å². The molecule has 0 spiro atoms. The molecule has 7 rings (SSSR count). The van der Waals surface area contributed by atoms with Crippen LogP contribution in [-0.2, 0) is 23.7 Å². The second kappa shape index (κ2) is 10.6. The van der Waals surface area contributed by atoms with Crippen molar-refractivity contribution in [1.82, 2.24) is 0 Å². The highest BCUT2D eigenvalue weighted by Gasteiger charge is 2.55. The van der Waals surface area contributed by atoms with Crippen LogP contribution < -0.4 is 18.9 Å². The number of esters is 1. The van der Waals surface area contributed by atoms with E-state index in [0.717, 1.165) is 11.1 Å². The second-order valence-corrected chi connectivity index (χ2v) is 12.2. The minimum atomic E-state index is -1.25. The first-order chi connectivity index (χ1) is 20.3. The lowest BCUT2D eigenvalue weighted by Gasteiger charge is -2.47. The first-order valence-corrected chi connectivity index (χ1v) is 14.7. The zero-order valence-corrected chi connectivity index (χ0v) is 23.9. The van der Waals surface area contributed by atoms with E-state index in [9.17, 15) is 20.1 Å². The number of aromatic hydroxyl groups is 1. The summed E-state index contributed by atoms with van der Waals surface area (Å²) in [5.74, 6) is -0.417. The van der Waals surface area contributed by atoms with Crippen LogP contribution in [0.25, 0.3) is 0 Å². The van der Waals surface area contributed by atoms with E-state index >= 15 is 0 Å². The SMILES string of the molecule is COc1cc([C@H]2c3cc4c(cc3[C@@H](S[C@@H]3O[C@@H]5COC(C)O[C@H]5[C@H](O)[C@H]3O)[C@H]3COC(=O)[C@@H]23)OCO4)cc(OC)c1O. The Labute approximate surface area is 245 Å². The first kappa shape index (κ1) is 27.9. The third kappa shape index (κ3) is 4.37. The Morgan fingerprint density at radius 1 is 0.905 bits per heavy atom. The van der Waals surface area contributed by atoms with Gasteiger partial charge in [0.1, 0.15) is 29.9 Å². The Balaban J connectivity index is 1.32. The molecule has 10 atom stereocenters. The molecular weight excluding hydrogens is 572 g/mol. The van der Waals surface area contributed by atoms with Crippen LogP contribution in [0.5, 0.6) is 28.7 Å². The van der Waals surface area contributed by atoms with Gasteiger partial charge in [0.15, 0.2) is 29.3 Å². The molecule has 0 saturated carbocycles. The van der Waals surface area contributed by atoms with Crippen molar-refractivity contribution >= 4 is 17.7 Å². The number of ether oxygens (including phenoxy) is 8. The molecule has 1 unspecified atom stereocenters. The molecule has 42 heavy (non-hydrogen) atoms. The summed E-state index contributed by atoms with van der Waals surface area (Å²) in [6.45, 7) is 2.16. The van der Waals surface area contributed by atoms with Crippen molar-refractivity contribution in [3.8, 4) is 28.7 Å². The van der Waals surface area contributed by atoms with Crippen molar-refractivity contribution in [1.29, 1.82) is 0 Å². The molecule has 4 aliphatic heterocycles. The standard InChI is InChI=1S/C29H32O12S/c1-11-36-9-20-26(40-11)24(31)25(32)29(41-20)42-27-14-7-17-16(38-10-39-17)6-13(14)21(22-15(27)8-37-28(22)33)12-4-18(34-2)23(30)19(5-12)35-3/h4-7,11,15,20-22,24-27,29-32H,8-10H2,1-3H3/t11?,15-,20+,21-,22+,24+,25+,26+,27+,29-/m0/s1. The number of hydrogen-bond acceptors (Lipinski definition) is 13. The van der Waals surface area contributed by atoms with Gasteiger partial charge in [0.25, 0.3) is 0 Å². The summed E-state index contributed by atoms with van der Waals surface area (Å²) >= 11 is 1.33. The number of rotatable bonds is 5. The highest BCUT2D eigenvalue weighted by molar-refractivity contribution is 8.00. The number of phenolic OH excluding ortho intramolecular Hbond substituents is 1. The molecule has 2 aromatic rings. The summed E-state index contributed by atoms with van der Waals surface area (Å²) in [7, 11) is 2.89. The maximum atomic E-state index is 13.4. The van der Waals surface area contributed by atoms with Crippen LogP contribution in [0, 0.1) is 11.8 Å². The van der Waals surface area contributed by atoms with Crippen molar-refractivity contribution < 1.29 is 58.0 Å². The summed E-state index contributed by atoms with van der Waals surface area (Å²) < 4.78 is 45.5. The predicted octanol–water partition coefficient (Wildman–Crippen LogP) is 2.06.